The predicted octanol–water partition coefficient (Wildman–Crippen LogP) is 2.38. The van der Waals surface area contributed by atoms with E-state index in [1.807, 2.05) is 6.92 Å². The van der Waals surface area contributed by atoms with Crippen molar-refractivity contribution in [2.24, 2.45) is 0 Å². The molecular formula is C9H9ClO2. The summed E-state index contributed by atoms with van der Waals surface area (Å²) in [5.74, 6) is 0.643. The summed E-state index contributed by atoms with van der Waals surface area (Å²) in [6.07, 6.45) is 0. The van der Waals surface area contributed by atoms with Crippen molar-refractivity contribution < 1.29 is 9.53 Å². The van der Waals surface area contributed by atoms with Crippen molar-refractivity contribution >= 4 is 16.8 Å². The van der Waals surface area contributed by atoms with Gasteiger partial charge < -0.3 is 4.74 Å². The molecule has 0 aliphatic rings. The van der Waals surface area contributed by atoms with Crippen LogP contribution in [0.5, 0.6) is 5.75 Å². The van der Waals surface area contributed by atoms with Gasteiger partial charge in [0.05, 0.1) is 7.11 Å². The quantitative estimate of drug-likeness (QED) is 0.660. The van der Waals surface area contributed by atoms with E-state index in [4.69, 9.17) is 16.3 Å². The molecule has 64 valence electrons. The second-order valence-electron chi connectivity index (χ2n) is 2.45. The van der Waals surface area contributed by atoms with Crippen molar-refractivity contribution in [1.82, 2.24) is 0 Å². The largest absolute Gasteiger partial charge is 0.497 e. The van der Waals surface area contributed by atoms with Crippen LogP contribution < -0.4 is 4.74 Å². The highest BCUT2D eigenvalue weighted by Gasteiger charge is 2.06. The van der Waals surface area contributed by atoms with Crippen molar-refractivity contribution in [3.05, 3.63) is 29.3 Å². The molecule has 0 saturated carbocycles. The fraction of sp³-hybridized carbons (Fsp3) is 0.222. The molecule has 12 heavy (non-hydrogen) atoms. The van der Waals surface area contributed by atoms with Gasteiger partial charge in [0.1, 0.15) is 5.75 Å². The summed E-state index contributed by atoms with van der Waals surface area (Å²) in [6, 6.07) is 5.22. The molecule has 0 aromatic heterocycles. The van der Waals surface area contributed by atoms with Gasteiger partial charge in [-0.3, -0.25) is 4.79 Å². The molecule has 0 aliphatic heterocycles. The number of halogens is 1. The topological polar surface area (TPSA) is 26.3 Å². The molecule has 0 bridgehead atoms. The molecule has 0 atom stereocenters. The molecule has 0 N–H and O–H groups in total. The molecule has 1 rings (SSSR count). The van der Waals surface area contributed by atoms with Gasteiger partial charge in [0, 0.05) is 5.56 Å². The summed E-state index contributed by atoms with van der Waals surface area (Å²) in [5.41, 5.74) is 1.35. The Hall–Kier alpha value is -1.02. The second kappa shape index (κ2) is 3.59. The fourth-order valence-electron chi connectivity index (χ4n) is 0.940. The molecule has 0 unspecified atom stereocenters. The molecule has 0 radical (unpaired) electrons. The lowest BCUT2D eigenvalue weighted by Gasteiger charge is -2.03. The molecule has 0 aliphatic carbocycles. The molecule has 2 nitrogen and oxygen atoms in total. The minimum atomic E-state index is -0.452. The van der Waals surface area contributed by atoms with Gasteiger partial charge in [-0.15, -0.1) is 0 Å². The molecular weight excluding hydrogens is 176 g/mol. The van der Waals surface area contributed by atoms with E-state index >= 15 is 0 Å². The minimum absolute atomic E-state index is 0.452. The van der Waals surface area contributed by atoms with Crippen LogP contribution in [-0.2, 0) is 0 Å². The number of rotatable bonds is 2. The highest BCUT2D eigenvalue weighted by molar-refractivity contribution is 6.67. The molecule has 1 aromatic carbocycles. The van der Waals surface area contributed by atoms with E-state index in [0.717, 1.165) is 5.56 Å². The lowest BCUT2D eigenvalue weighted by molar-refractivity contribution is 0.108. The SMILES string of the molecule is COc1ccc(C)c(C(=O)Cl)c1. The van der Waals surface area contributed by atoms with Crippen LogP contribution in [0.3, 0.4) is 0 Å². The third-order valence-corrected chi connectivity index (χ3v) is 1.86. The predicted molar refractivity (Wildman–Crippen MR) is 47.9 cm³/mol. The van der Waals surface area contributed by atoms with E-state index in [1.54, 1.807) is 25.3 Å². The van der Waals surface area contributed by atoms with E-state index < -0.39 is 5.24 Å². The van der Waals surface area contributed by atoms with E-state index in [2.05, 4.69) is 0 Å². The number of carbonyl (C=O) groups is 1. The highest BCUT2D eigenvalue weighted by atomic mass is 35.5. The third kappa shape index (κ3) is 1.77. The number of aryl methyl sites for hydroxylation is 1. The van der Waals surface area contributed by atoms with Gasteiger partial charge in [-0.2, -0.15) is 0 Å². The zero-order valence-corrected chi connectivity index (χ0v) is 7.68. The van der Waals surface area contributed by atoms with Crippen LogP contribution in [0.2, 0.25) is 0 Å². The zero-order chi connectivity index (χ0) is 9.14. The Morgan fingerprint density at radius 2 is 2.17 bits per heavy atom. The Morgan fingerprint density at radius 1 is 1.50 bits per heavy atom. The normalized spacial score (nSPS) is 9.58. The fourth-order valence-corrected chi connectivity index (χ4v) is 1.14. The first-order valence-corrected chi connectivity index (χ1v) is 3.87. The van der Waals surface area contributed by atoms with Gasteiger partial charge in [0.25, 0.3) is 5.24 Å². The Balaban J connectivity index is 3.17. The Labute approximate surface area is 76.1 Å². The second-order valence-corrected chi connectivity index (χ2v) is 2.80. The van der Waals surface area contributed by atoms with Crippen LogP contribution in [0.1, 0.15) is 15.9 Å². The van der Waals surface area contributed by atoms with Crippen LogP contribution in [-0.4, -0.2) is 12.4 Å². The number of hydrogen-bond acceptors (Lipinski definition) is 2. The first-order valence-electron chi connectivity index (χ1n) is 3.49. The maximum atomic E-state index is 10.8. The maximum Gasteiger partial charge on any atom is 0.252 e. The van der Waals surface area contributed by atoms with E-state index in [9.17, 15) is 4.79 Å². The Kier molecular flexibility index (Phi) is 2.71. The molecule has 0 fully saturated rings. The summed E-state index contributed by atoms with van der Waals surface area (Å²) in [7, 11) is 1.55. The number of methoxy groups -OCH3 is 1. The van der Waals surface area contributed by atoms with Gasteiger partial charge >= 0.3 is 0 Å². The van der Waals surface area contributed by atoms with E-state index in [0.29, 0.717) is 11.3 Å². The first kappa shape index (κ1) is 9.07. The zero-order valence-electron chi connectivity index (χ0n) is 6.93. The average molecular weight is 185 g/mol. The lowest BCUT2D eigenvalue weighted by Crippen LogP contribution is -1.94. The van der Waals surface area contributed by atoms with Crippen molar-refractivity contribution in [2.45, 2.75) is 6.92 Å². The van der Waals surface area contributed by atoms with Crippen LogP contribution in [0.25, 0.3) is 0 Å². The molecule has 0 spiro atoms. The third-order valence-electron chi connectivity index (χ3n) is 1.66. The summed E-state index contributed by atoms with van der Waals surface area (Å²) in [5, 5.41) is -0.452. The smallest absolute Gasteiger partial charge is 0.252 e. The molecule has 3 heteroatoms. The summed E-state index contributed by atoms with van der Waals surface area (Å²) >= 11 is 5.34. The molecule has 0 heterocycles. The van der Waals surface area contributed by atoms with Gasteiger partial charge in [0.2, 0.25) is 0 Å². The van der Waals surface area contributed by atoms with Crippen molar-refractivity contribution in [2.75, 3.05) is 7.11 Å². The summed E-state index contributed by atoms with van der Waals surface area (Å²) < 4.78 is 4.95. The number of carbonyl (C=O) groups excluding carboxylic acids is 1. The van der Waals surface area contributed by atoms with Crippen molar-refractivity contribution in [3.63, 3.8) is 0 Å². The number of benzene rings is 1. The molecule has 0 saturated heterocycles. The first-order chi connectivity index (χ1) is 5.65. The lowest BCUT2D eigenvalue weighted by atomic mass is 10.1. The van der Waals surface area contributed by atoms with Gasteiger partial charge in [-0.05, 0) is 36.2 Å². The van der Waals surface area contributed by atoms with Crippen molar-refractivity contribution in [3.8, 4) is 5.75 Å². The van der Waals surface area contributed by atoms with Crippen LogP contribution in [0, 0.1) is 6.92 Å². The standard InChI is InChI=1S/C9H9ClO2/c1-6-3-4-7(12-2)5-8(6)9(10)11/h3-5H,1-2H3. The minimum Gasteiger partial charge on any atom is -0.497 e. The Bertz CT molecular complexity index is 307. The summed E-state index contributed by atoms with van der Waals surface area (Å²) in [6.45, 7) is 1.83. The van der Waals surface area contributed by atoms with Gasteiger partial charge in [-0.25, -0.2) is 0 Å². The molecule has 1 aromatic rings. The van der Waals surface area contributed by atoms with E-state index in [1.165, 1.54) is 0 Å². The average Bonchev–Trinajstić information content (AvgIpc) is 2.05. The van der Waals surface area contributed by atoms with Gasteiger partial charge in [0.15, 0.2) is 0 Å². The monoisotopic (exact) mass is 184 g/mol. The number of ether oxygens (including phenoxy) is 1. The highest BCUT2D eigenvalue weighted by Crippen LogP contribution is 2.18. The number of hydrogen-bond donors (Lipinski definition) is 0. The van der Waals surface area contributed by atoms with Crippen LogP contribution in [0.4, 0.5) is 0 Å². The van der Waals surface area contributed by atoms with Crippen LogP contribution in [0.15, 0.2) is 18.2 Å². The summed E-state index contributed by atoms with van der Waals surface area (Å²) in [4.78, 5) is 10.8. The Morgan fingerprint density at radius 3 is 2.67 bits per heavy atom. The van der Waals surface area contributed by atoms with E-state index in [-0.39, 0.29) is 0 Å². The van der Waals surface area contributed by atoms with Crippen molar-refractivity contribution in [1.29, 1.82) is 0 Å². The maximum absolute atomic E-state index is 10.8. The van der Waals surface area contributed by atoms with Crippen LogP contribution >= 0.6 is 11.6 Å². The molecule has 0 amide bonds. The van der Waals surface area contributed by atoms with Gasteiger partial charge in [-0.1, -0.05) is 6.07 Å².